The van der Waals surface area contributed by atoms with E-state index in [9.17, 15) is 19.5 Å². The quantitative estimate of drug-likeness (QED) is 0.248. The number of hydroxylamine groups is 1. The first-order valence-corrected chi connectivity index (χ1v) is 8.51. The zero-order valence-electron chi connectivity index (χ0n) is 15.5. The average Bonchev–Trinajstić information content (AvgIpc) is 2.70. The normalized spacial score (nSPS) is 12.0. The standard InChI is InChI=1S/C20H20N4O5/c1-12(25)17(19(27)24-29)23-18(26)15-8-4-13(5-9-15)2-3-14-6-10-16(11-7-14)22-20(21)28/h4-12,17,25,29H,1H3,(H,23,26)(H,24,27)(H3,21,22,28)/t12-,17+/m1/s1. The largest absolute Gasteiger partial charge is 0.391 e. The number of carbonyl (C=O) groups excluding carboxylic acids is 3. The Morgan fingerprint density at radius 1 is 0.966 bits per heavy atom. The lowest BCUT2D eigenvalue weighted by atomic mass is 10.1. The van der Waals surface area contributed by atoms with Crippen LogP contribution in [0.1, 0.15) is 28.4 Å². The fourth-order valence-electron chi connectivity index (χ4n) is 2.33. The van der Waals surface area contributed by atoms with Crippen LogP contribution in [0.4, 0.5) is 10.5 Å². The highest BCUT2D eigenvalue weighted by atomic mass is 16.5. The van der Waals surface area contributed by atoms with E-state index >= 15 is 0 Å². The molecular formula is C20H20N4O5. The second kappa shape index (κ2) is 9.89. The third-order valence-corrected chi connectivity index (χ3v) is 3.81. The maximum atomic E-state index is 12.2. The van der Waals surface area contributed by atoms with Crippen LogP contribution in [0.2, 0.25) is 0 Å². The number of rotatable bonds is 5. The van der Waals surface area contributed by atoms with Crippen LogP contribution in [0.15, 0.2) is 48.5 Å². The minimum absolute atomic E-state index is 0.258. The summed E-state index contributed by atoms with van der Waals surface area (Å²) in [4.78, 5) is 34.5. The first-order valence-electron chi connectivity index (χ1n) is 8.51. The summed E-state index contributed by atoms with van der Waals surface area (Å²) in [5.41, 5.74) is 8.63. The molecule has 2 atom stereocenters. The molecule has 0 spiro atoms. The Morgan fingerprint density at radius 2 is 1.48 bits per heavy atom. The zero-order valence-corrected chi connectivity index (χ0v) is 15.5. The highest BCUT2D eigenvalue weighted by Crippen LogP contribution is 2.09. The molecule has 0 heterocycles. The summed E-state index contributed by atoms with van der Waals surface area (Å²) in [5.74, 6) is 4.38. The van der Waals surface area contributed by atoms with Gasteiger partial charge in [-0.05, 0) is 55.5 Å². The van der Waals surface area contributed by atoms with Crippen molar-refractivity contribution in [3.63, 3.8) is 0 Å². The van der Waals surface area contributed by atoms with Gasteiger partial charge in [-0.25, -0.2) is 10.3 Å². The topological polar surface area (TPSA) is 154 Å². The second-order valence-corrected chi connectivity index (χ2v) is 6.06. The number of nitrogens with two attached hydrogens (primary N) is 1. The summed E-state index contributed by atoms with van der Waals surface area (Å²) in [7, 11) is 0. The maximum absolute atomic E-state index is 12.2. The molecule has 2 aromatic rings. The lowest BCUT2D eigenvalue weighted by Gasteiger charge is -2.19. The van der Waals surface area contributed by atoms with Gasteiger partial charge < -0.3 is 21.5 Å². The van der Waals surface area contributed by atoms with Gasteiger partial charge in [-0.2, -0.15) is 0 Å². The number of aliphatic hydroxyl groups excluding tert-OH is 1. The van der Waals surface area contributed by atoms with Gasteiger partial charge in [-0.3, -0.25) is 14.8 Å². The number of hydrogen-bond acceptors (Lipinski definition) is 5. The number of aliphatic hydroxyl groups is 1. The smallest absolute Gasteiger partial charge is 0.316 e. The number of primary amides is 1. The zero-order chi connectivity index (χ0) is 21.4. The van der Waals surface area contributed by atoms with E-state index in [-0.39, 0.29) is 5.56 Å². The van der Waals surface area contributed by atoms with Crippen molar-refractivity contribution >= 4 is 23.5 Å². The van der Waals surface area contributed by atoms with Gasteiger partial charge in [0.15, 0.2) is 0 Å². The van der Waals surface area contributed by atoms with Crippen molar-refractivity contribution in [3.05, 3.63) is 65.2 Å². The van der Waals surface area contributed by atoms with Crippen LogP contribution in [0.3, 0.4) is 0 Å². The summed E-state index contributed by atoms with van der Waals surface area (Å²) in [6.07, 6.45) is -1.19. The number of nitrogens with one attached hydrogen (secondary N) is 3. The first kappa shape index (κ1) is 21.4. The Balaban J connectivity index is 2.05. The number of amides is 4. The summed E-state index contributed by atoms with van der Waals surface area (Å²) in [6, 6.07) is 11.2. The van der Waals surface area contributed by atoms with E-state index < -0.39 is 30.0 Å². The molecule has 9 nitrogen and oxygen atoms in total. The van der Waals surface area contributed by atoms with Crippen molar-refractivity contribution in [2.45, 2.75) is 19.1 Å². The van der Waals surface area contributed by atoms with E-state index in [1.807, 2.05) is 0 Å². The third kappa shape index (κ3) is 6.35. The van der Waals surface area contributed by atoms with Gasteiger partial charge in [0.05, 0.1) is 6.10 Å². The number of anilines is 1. The Morgan fingerprint density at radius 3 is 1.93 bits per heavy atom. The SMILES string of the molecule is C[C@@H](O)[C@H](NC(=O)c1ccc(C#Cc2ccc(NC(N)=O)cc2)cc1)C(=O)NO. The molecule has 0 saturated carbocycles. The molecule has 0 radical (unpaired) electrons. The fourth-order valence-corrected chi connectivity index (χ4v) is 2.33. The molecule has 0 fully saturated rings. The van der Waals surface area contributed by atoms with E-state index in [0.29, 0.717) is 11.3 Å². The Hall–Kier alpha value is -3.87. The molecule has 0 saturated heterocycles. The molecule has 2 aromatic carbocycles. The Kier molecular flexibility index (Phi) is 7.31. The van der Waals surface area contributed by atoms with Crippen LogP contribution in [-0.2, 0) is 4.79 Å². The highest BCUT2D eigenvalue weighted by Gasteiger charge is 2.25. The molecular weight excluding hydrogens is 376 g/mol. The predicted octanol–water partition coefficient (Wildman–Crippen LogP) is 0.562. The molecule has 7 N–H and O–H groups in total. The summed E-state index contributed by atoms with van der Waals surface area (Å²) in [5, 5.41) is 23.0. The van der Waals surface area contributed by atoms with Gasteiger partial charge in [-0.15, -0.1) is 0 Å². The van der Waals surface area contributed by atoms with Crippen LogP contribution in [0, 0.1) is 11.8 Å². The van der Waals surface area contributed by atoms with Gasteiger partial charge in [0.25, 0.3) is 11.8 Å². The number of hydrogen-bond donors (Lipinski definition) is 6. The van der Waals surface area contributed by atoms with Crippen molar-refractivity contribution in [1.82, 2.24) is 10.8 Å². The molecule has 0 aliphatic heterocycles. The van der Waals surface area contributed by atoms with Crippen molar-refractivity contribution in [2.24, 2.45) is 5.73 Å². The maximum Gasteiger partial charge on any atom is 0.316 e. The van der Waals surface area contributed by atoms with Crippen molar-refractivity contribution < 1.29 is 24.7 Å². The summed E-state index contributed by atoms with van der Waals surface area (Å²) < 4.78 is 0. The van der Waals surface area contributed by atoms with Gasteiger partial charge in [-0.1, -0.05) is 11.8 Å². The first-order chi connectivity index (χ1) is 13.8. The van der Waals surface area contributed by atoms with E-state index in [1.165, 1.54) is 24.5 Å². The van der Waals surface area contributed by atoms with Crippen LogP contribution in [0.5, 0.6) is 0 Å². The minimum atomic E-state index is -1.29. The lowest BCUT2D eigenvalue weighted by Crippen LogP contribution is -2.51. The number of benzene rings is 2. The van der Waals surface area contributed by atoms with Crippen LogP contribution in [-0.4, -0.2) is 40.3 Å². The van der Waals surface area contributed by atoms with Crippen molar-refractivity contribution in [3.8, 4) is 11.8 Å². The second-order valence-electron chi connectivity index (χ2n) is 6.06. The lowest BCUT2D eigenvalue weighted by molar-refractivity contribution is -0.133. The molecule has 150 valence electrons. The van der Waals surface area contributed by atoms with Crippen molar-refractivity contribution in [1.29, 1.82) is 0 Å². The van der Waals surface area contributed by atoms with Crippen LogP contribution >= 0.6 is 0 Å². The Labute approximate surface area is 166 Å². The van der Waals surface area contributed by atoms with Crippen LogP contribution in [0.25, 0.3) is 0 Å². The minimum Gasteiger partial charge on any atom is -0.391 e. The van der Waals surface area contributed by atoms with Gasteiger partial charge in [0, 0.05) is 22.4 Å². The van der Waals surface area contributed by atoms with Gasteiger partial charge in [0.1, 0.15) is 6.04 Å². The van der Waals surface area contributed by atoms with E-state index in [1.54, 1.807) is 36.4 Å². The molecule has 0 bridgehead atoms. The molecule has 0 unspecified atom stereocenters. The van der Waals surface area contributed by atoms with E-state index in [2.05, 4.69) is 22.5 Å². The van der Waals surface area contributed by atoms with Gasteiger partial charge >= 0.3 is 6.03 Å². The molecule has 4 amide bonds. The molecule has 0 aliphatic rings. The number of carbonyl (C=O) groups is 3. The summed E-state index contributed by atoms with van der Waals surface area (Å²) in [6.45, 7) is 1.31. The van der Waals surface area contributed by atoms with Crippen LogP contribution < -0.4 is 21.8 Å². The Bertz CT molecular complexity index is 944. The molecule has 2 rings (SSSR count). The fraction of sp³-hybridized carbons (Fsp3) is 0.150. The van der Waals surface area contributed by atoms with E-state index in [0.717, 1.165) is 5.56 Å². The third-order valence-electron chi connectivity index (χ3n) is 3.81. The molecule has 29 heavy (non-hydrogen) atoms. The average molecular weight is 396 g/mol. The highest BCUT2D eigenvalue weighted by molar-refractivity contribution is 5.97. The summed E-state index contributed by atoms with van der Waals surface area (Å²) >= 11 is 0. The molecule has 9 heteroatoms. The van der Waals surface area contributed by atoms with Gasteiger partial charge in [0.2, 0.25) is 0 Å². The molecule has 0 aromatic heterocycles. The monoisotopic (exact) mass is 396 g/mol. The van der Waals surface area contributed by atoms with E-state index in [4.69, 9.17) is 10.9 Å². The molecule has 0 aliphatic carbocycles. The predicted molar refractivity (Wildman–Crippen MR) is 105 cm³/mol. The number of urea groups is 1. The van der Waals surface area contributed by atoms with Crippen molar-refractivity contribution in [2.75, 3.05) is 5.32 Å².